The lowest BCUT2D eigenvalue weighted by Gasteiger charge is -2.20. The number of hydrogen-bond acceptors (Lipinski definition) is 2. The number of alkyl halides is 3. The van der Waals surface area contributed by atoms with Crippen molar-refractivity contribution < 1.29 is 17.9 Å². The van der Waals surface area contributed by atoms with Crippen molar-refractivity contribution in [3.05, 3.63) is 59.1 Å². The first-order valence-electron chi connectivity index (χ1n) is 6.22. The molecule has 0 heterocycles. The van der Waals surface area contributed by atoms with Crippen molar-refractivity contribution >= 4 is 17.3 Å². The third-order valence-electron chi connectivity index (χ3n) is 2.86. The monoisotopic (exact) mass is 315 g/mol. The molecule has 0 saturated heterocycles. The van der Waals surface area contributed by atoms with Gasteiger partial charge in [0, 0.05) is 5.02 Å². The molecule has 0 aliphatic carbocycles. The summed E-state index contributed by atoms with van der Waals surface area (Å²) in [6.07, 6.45) is -4.73. The van der Waals surface area contributed by atoms with Crippen LogP contribution in [0.25, 0.3) is 0 Å². The Morgan fingerprint density at radius 3 is 2.33 bits per heavy atom. The Morgan fingerprint density at radius 2 is 1.67 bits per heavy atom. The fraction of sp³-hybridized carbons (Fsp3) is 0.200. The van der Waals surface area contributed by atoms with Crippen molar-refractivity contribution in [2.24, 2.45) is 0 Å². The minimum atomic E-state index is -4.73. The summed E-state index contributed by atoms with van der Waals surface area (Å²) in [7, 11) is 0. The zero-order valence-corrected chi connectivity index (χ0v) is 11.9. The van der Waals surface area contributed by atoms with Crippen LogP contribution in [0.3, 0.4) is 0 Å². The van der Waals surface area contributed by atoms with Crippen LogP contribution in [-0.4, -0.2) is 6.36 Å². The SMILES string of the molecule is CC(Nc1ccccc1OC(F)(F)F)c1ccccc1Cl. The van der Waals surface area contributed by atoms with Gasteiger partial charge in [0.25, 0.3) is 0 Å². The van der Waals surface area contributed by atoms with E-state index in [1.54, 1.807) is 18.2 Å². The summed E-state index contributed by atoms with van der Waals surface area (Å²) in [4.78, 5) is 0. The summed E-state index contributed by atoms with van der Waals surface area (Å²) >= 11 is 6.08. The van der Waals surface area contributed by atoms with Gasteiger partial charge in [-0.15, -0.1) is 13.2 Å². The molecule has 2 rings (SSSR count). The lowest BCUT2D eigenvalue weighted by Crippen LogP contribution is -2.18. The van der Waals surface area contributed by atoms with E-state index in [0.29, 0.717) is 5.02 Å². The molecule has 0 aliphatic heterocycles. The van der Waals surface area contributed by atoms with Gasteiger partial charge in [0.1, 0.15) is 0 Å². The van der Waals surface area contributed by atoms with Crippen LogP contribution < -0.4 is 10.1 Å². The molecule has 0 fully saturated rings. The van der Waals surface area contributed by atoms with Crippen LogP contribution in [0.5, 0.6) is 5.75 Å². The first kappa shape index (κ1) is 15.5. The highest BCUT2D eigenvalue weighted by Gasteiger charge is 2.32. The molecule has 1 unspecified atom stereocenters. The summed E-state index contributed by atoms with van der Waals surface area (Å²) in [5.41, 5.74) is 1.04. The maximum Gasteiger partial charge on any atom is 0.573 e. The van der Waals surface area contributed by atoms with E-state index in [4.69, 9.17) is 11.6 Å². The summed E-state index contributed by atoms with van der Waals surface area (Å²) in [5.74, 6) is -0.274. The molecule has 112 valence electrons. The highest BCUT2D eigenvalue weighted by Crippen LogP contribution is 2.33. The molecule has 1 N–H and O–H groups in total. The fourth-order valence-corrected chi connectivity index (χ4v) is 2.24. The summed E-state index contributed by atoms with van der Waals surface area (Å²) in [6, 6.07) is 12.8. The molecule has 21 heavy (non-hydrogen) atoms. The highest BCUT2D eigenvalue weighted by molar-refractivity contribution is 6.31. The van der Waals surface area contributed by atoms with Crippen LogP contribution in [0.2, 0.25) is 5.02 Å². The molecule has 2 aromatic carbocycles. The molecule has 6 heteroatoms. The Bertz CT molecular complexity index is 616. The molecular weight excluding hydrogens is 303 g/mol. The quantitative estimate of drug-likeness (QED) is 0.814. The minimum absolute atomic E-state index is 0.252. The van der Waals surface area contributed by atoms with Gasteiger partial charge < -0.3 is 10.1 Å². The lowest BCUT2D eigenvalue weighted by atomic mass is 10.1. The van der Waals surface area contributed by atoms with E-state index in [2.05, 4.69) is 10.1 Å². The number of rotatable bonds is 4. The number of ether oxygens (including phenoxy) is 1. The third kappa shape index (κ3) is 4.29. The van der Waals surface area contributed by atoms with E-state index < -0.39 is 6.36 Å². The minimum Gasteiger partial charge on any atom is -0.404 e. The van der Waals surface area contributed by atoms with Gasteiger partial charge >= 0.3 is 6.36 Å². The van der Waals surface area contributed by atoms with Crippen LogP contribution in [0.1, 0.15) is 18.5 Å². The normalized spacial score (nSPS) is 12.8. The average molecular weight is 316 g/mol. The van der Waals surface area contributed by atoms with Crippen molar-refractivity contribution in [2.45, 2.75) is 19.3 Å². The van der Waals surface area contributed by atoms with E-state index in [-0.39, 0.29) is 17.5 Å². The van der Waals surface area contributed by atoms with E-state index in [1.807, 2.05) is 19.1 Å². The van der Waals surface area contributed by atoms with Gasteiger partial charge in [-0.05, 0) is 30.7 Å². The van der Waals surface area contributed by atoms with Gasteiger partial charge in [0.2, 0.25) is 0 Å². The molecule has 0 aliphatic rings. The van der Waals surface area contributed by atoms with Gasteiger partial charge in [0.05, 0.1) is 11.7 Å². The molecule has 1 atom stereocenters. The number of halogens is 4. The molecule has 0 aromatic heterocycles. The summed E-state index contributed by atoms with van der Waals surface area (Å²) in [5, 5.41) is 3.53. The zero-order valence-electron chi connectivity index (χ0n) is 11.1. The number of para-hydroxylation sites is 2. The van der Waals surface area contributed by atoms with Crippen molar-refractivity contribution in [1.29, 1.82) is 0 Å². The van der Waals surface area contributed by atoms with Crippen LogP contribution >= 0.6 is 11.6 Å². The topological polar surface area (TPSA) is 21.3 Å². The molecule has 2 aromatic rings. The average Bonchev–Trinajstić information content (AvgIpc) is 2.40. The van der Waals surface area contributed by atoms with Gasteiger partial charge in [-0.3, -0.25) is 0 Å². The number of hydrogen-bond donors (Lipinski definition) is 1. The first-order chi connectivity index (χ1) is 9.87. The number of benzene rings is 2. The van der Waals surface area contributed by atoms with Crippen molar-refractivity contribution in [2.75, 3.05) is 5.32 Å². The van der Waals surface area contributed by atoms with E-state index in [1.165, 1.54) is 18.2 Å². The van der Waals surface area contributed by atoms with Gasteiger partial charge in [-0.25, -0.2) is 0 Å². The van der Waals surface area contributed by atoms with E-state index in [9.17, 15) is 13.2 Å². The molecule has 0 amide bonds. The molecule has 0 saturated carbocycles. The molecule has 2 nitrogen and oxygen atoms in total. The van der Waals surface area contributed by atoms with Crippen LogP contribution in [0.15, 0.2) is 48.5 Å². The Labute approximate surface area is 125 Å². The van der Waals surface area contributed by atoms with Crippen LogP contribution in [0, 0.1) is 0 Å². The van der Waals surface area contributed by atoms with Gasteiger partial charge in [-0.2, -0.15) is 0 Å². The number of anilines is 1. The molecule has 0 spiro atoms. The number of nitrogens with one attached hydrogen (secondary N) is 1. The Kier molecular flexibility index (Phi) is 4.63. The maximum absolute atomic E-state index is 12.4. The molecule has 0 bridgehead atoms. The Hall–Kier alpha value is -1.88. The lowest BCUT2D eigenvalue weighted by molar-refractivity contribution is -0.274. The third-order valence-corrected chi connectivity index (χ3v) is 3.20. The zero-order chi connectivity index (χ0) is 15.5. The Balaban J connectivity index is 2.22. The second-order valence-corrected chi connectivity index (χ2v) is 4.84. The second-order valence-electron chi connectivity index (χ2n) is 4.43. The summed E-state index contributed by atoms with van der Waals surface area (Å²) in [6.45, 7) is 1.81. The maximum atomic E-state index is 12.4. The Morgan fingerprint density at radius 1 is 1.05 bits per heavy atom. The van der Waals surface area contributed by atoms with E-state index >= 15 is 0 Å². The standard InChI is InChI=1S/C15H13ClF3NO/c1-10(11-6-2-3-7-12(11)16)20-13-8-4-5-9-14(13)21-15(17,18)19/h2-10,20H,1H3. The van der Waals surface area contributed by atoms with Crippen molar-refractivity contribution in [3.63, 3.8) is 0 Å². The highest BCUT2D eigenvalue weighted by atomic mass is 35.5. The predicted molar refractivity (Wildman–Crippen MR) is 76.6 cm³/mol. The van der Waals surface area contributed by atoms with Gasteiger partial charge in [-0.1, -0.05) is 41.9 Å². The van der Waals surface area contributed by atoms with Gasteiger partial charge in [0.15, 0.2) is 5.75 Å². The molecular formula is C15H13ClF3NO. The van der Waals surface area contributed by atoms with Crippen LogP contribution in [-0.2, 0) is 0 Å². The van der Waals surface area contributed by atoms with Crippen LogP contribution in [0.4, 0.5) is 18.9 Å². The van der Waals surface area contributed by atoms with Crippen molar-refractivity contribution in [3.8, 4) is 5.75 Å². The molecule has 0 radical (unpaired) electrons. The largest absolute Gasteiger partial charge is 0.573 e. The first-order valence-corrected chi connectivity index (χ1v) is 6.60. The summed E-state index contributed by atoms with van der Waals surface area (Å²) < 4.78 is 41.1. The smallest absolute Gasteiger partial charge is 0.404 e. The fourth-order valence-electron chi connectivity index (χ4n) is 1.94. The van der Waals surface area contributed by atoms with Crippen molar-refractivity contribution in [1.82, 2.24) is 0 Å². The van der Waals surface area contributed by atoms with E-state index in [0.717, 1.165) is 5.56 Å². The predicted octanol–water partition coefficient (Wildman–Crippen LogP) is 5.41. The second kappa shape index (κ2) is 6.26.